The zero-order chi connectivity index (χ0) is 20.5. The first kappa shape index (κ1) is 20.1. The number of carbonyl (C=O) groups is 3. The standard InChI is InChI=1S/C19H26N4O5/c1-13(2)12-23-18(28)22(10-11-24)17(27)19(23)5-8-21(9-6-19)15-14(16(25)26)4-3-7-20-15/h3-4,7,13,24H,5-6,8-12H2,1-2H3,(H,25,26). The summed E-state index contributed by atoms with van der Waals surface area (Å²) in [5, 5.41) is 18.7. The maximum atomic E-state index is 13.1. The number of aromatic carboxylic acids is 1. The van der Waals surface area contributed by atoms with Crippen LogP contribution in [-0.2, 0) is 4.79 Å². The van der Waals surface area contributed by atoms with Crippen molar-refractivity contribution in [3.05, 3.63) is 23.9 Å². The molecule has 0 aromatic carbocycles. The summed E-state index contributed by atoms with van der Waals surface area (Å²) < 4.78 is 0. The molecule has 2 N–H and O–H groups in total. The van der Waals surface area contributed by atoms with E-state index in [-0.39, 0.29) is 36.6 Å². The molecule has 2 fully saturated rings. The summed E-state index contributed by atoms with van der Waals surface area (Å²) in [6, 6.07) is 2.73. The Morgan fingerprint density at radius 1 is 1.29 bits per heavy atom. The lowest BCUT2D eigenvalue weighted by atomic mass is 9.85. The number of pyridine rings is 1. The molecular weight excluding hydrogens is 364 g/mol. The van der Waals surface area contributed by atoms with Gasteiger partial charge in [0.15, 0.2) is 0 Å². The number of hydrogen-bond acceptors (Lipinski definition) is 6. The Balaban J connectivity index is 1.86. The Bertz CT molecular complexity index is 773. The summed E-state index contributed by atoms with van der Waals surface area (Å²) in [7, 11) is 0. The monoisotopic (exact) mass is 390 g/mol. The quantitative estimate of drug-likeness (QED) is 0.697. The number of amides is 3. The fourth-order valence-corrected chi connectivity index (χ4v) is 4.09. The predicted molar refractivity (Wildman–Crippen MR) is 101 cm³/mol. The van der Waals surface area contributed by atoms with Crippen molar-refractivity contribution in [1.82, 2.24) is 14.8 Å². The van der Waals surface area contributed by atoms with Gasteiger partial charge in [0.05, 0.1) is 13.2 Å². The van der Waals surface area contributed by atoms with Crippen LogP contribution in [0.3, 0.4) is 0 Å². The van der Waals surface area contributed by atoms with Gasteiger partial charge in [-0.1, -0.05) is 13.8 Å². The molecule has 9 nitrogen and oxygen atoms in total. The number of carboxylic acids is 1. The van der Waals surface area contributed by atoms with Crippen LogP contribution in [0.4, 0.5) is 10.6 Å². The Morgan fingerprint density at radius 3 is 2.54 bits per heavy atom. The number of β-amino-alcohol motifs (C(OH)–C–C–N with tert-alkyl or cyclic N) is 1. The van der Waals surface area contributed by atoms with Gasteiger partial charge in [-0.2, -0.15) is 0 Å². The fraction of sp³-hybridized carbons (Fsp3) is 0.579. The van der Waals surface area contributed by atoms with E-state index in [9.17, 15) is 24.6 Å². The van der Waals surface area contributed by atoms with Crippen molar-refractivity contribution >= 4 is 23.7 Å². The number of anilines is 1. The molecule has 2 aliphatic rings. The molecule has 1 aromatic heterocycles. The number of urea groups is 1. The predicted octanol–water partition coefficient (Wildman–Crippen LogP) is 1.03. The van der Waals surface area contributed by atoms with Crippen LogP contribution in [0.2, 0.25) is 0 Å². The molecule has 152 valence electrons. The van der Waals surface area contributed by atoms with Crippen LogP contribution in [0.5, 0.6) is 0 Å². The van der Waals surface area contributed by atoms with E-state index in [1.54, 1.807) is 17.2 Å². The van der Waals surface area contributed by atoms with Crippen molar-refractivity contribution < 1.29 is 24.6 Å². The van der Waals surface area contributed by atoms with Crippen LogP contribution >= 0.6 is 0 Å². The van der Waals surface area contributed by atoms with Gasteiger partial charge in [-0.3, -0.25) is 9.69 Å². The van der Waals surface area contributed by atoms with Gasteiger partial charge in [0.25, 0.3) is 5.91 Å². The van der Waals surface area contributed by atoms with Crippen molar-refractivity contribution in [1.29, 1.82) is 0 Å². The summed E-state index contributed by atoms with van der Waals surface area (Å²) in [6.07, 6.45) is 2.33. The summed E-state index contributed by atoms with van der Waals surface area (Å²) >= 11 is 0. The summed E-state index contributed by atoms with van der Waals surface area (Å²) in [4.78, 5) is 46.3. The van der Waals surface area contributed by atoms with Gasteiger partial charge in [0, 0.05) is 25.8 Å². The molecule has 0 radical (unpaired) electrons. The van der Waals surface area contributed by atoms with Crippen LogP contribution in [0.25, 0.3) is 0 Å². The fourth-order valence-electron chi connectivity index (χ4n) is 4.09. The Kier molecular flexibility index (Phi) is 5.55. The molecule has 0 bridgehead atoms. The molecule has 2 aliphatic heterocycles. The van der Waals surface area contributed by atoms with Crippen LogP contribution in [0.1, 0.15) is 37.0 Å². The lowest BCUT2D eigenvalue weighted by molar-refractivity contribution is -0.134. The number of nitrogens with zero attached hydrogens (tertiary/aromatic N) is 4. The van der Waals surface area contributed by atoms with Crippen molar-refractivity contribution in [2.75, 3.05) is 37.7 Å². The number of aliphatic hydroxyl groups excluding tert-OH is 1. The van der Waals surface area contributed by atoms with E-state index < -0.39 is 11.5 Å². The maximum absolute atomic E-state index is 13.1. The van der Waals surface area contributed by atoms with E-state index in [1.807, 2.05) is 18.7 Å². The molecule has 9 heteroatoms. The van der Waals surface area contributed by atoms with E-state index in [1.165, 1.54) is 6.07 Å². The number of carbonyl (C=O) groups excluding carboxylic acids is 2. The van der Waals surface area contributed by atoms with Gasteiger partial charge < -0.3 is 20.0 Å². The number of hydrogen-bond donors (Lipinski definition) is 2. The number of piperidine rings is 1. The van der Waals surface area contributed by atoms with E-state index in [0.29, 0.717) is 38.3 Å². The normalized spacial score (nSPS) is 19.2. The molecular formula is C19H26N4O5. The third kappa shape index (κ3) is 3.30. The van der Waals surface area contributed by atoms with Crippen molar-refractivity contribution in [3.63, 3.8) is 0 Å². The van der Waals surface area contributed by atoms with E-state index in [0.717, 1.165) is 4.90 Å². The zero-order valence-corrected chi connectivity index (χ0v) is 16.2. The van der Waals surface area contributed by atoms with Gasteiger partial charge in [-0.15, -0.1) is 0 Å². The molecule has 0 unspecified atom stereocenters. The van der Waals surface area contributed by atoms with Crippen LogP contribution in [0.15, 0.2) is 18.3 Å². The minimum absolute atomic E-state index is 0.0128. The van der Waals surface area contributed by atoms with E-state index >= 15 is 0 Å². The molecule has 3 heterocycles. The minimum atomic E-state index is -1.05. The molecule has 1 aromatic rings. The lowest BCUT2D eigenvalue weighted by Crippen LogP contribution is -2.57. The second-order valence-electron chi connectivity index (χ2n) is 7.67. The van der Waals surface area contributed by atoms with Crippen molar-refractivity contribution in [2.24, 2.45) is 5.92 Å². The third-order valence-electron chi connectivity index (χ3n) is 5.40. The molecule has 1 spiro atoms. The zero-order valence-electron chi connectivity index (χ0n) is 16.2. The number of aromatic nitrogens is 1. The second kappa shape index (κ2) is 7.75. The highest BCUT2D eigenvalue weighted by Crippen LogP contribution is 2.39. The SMILES string of the molecule is CC(C)CN1C(=O)N(CCO)C(=O)C12CCN(c1ncccc1C(=O)O)CC2. The van der Waals surface area contributed by atoms with Crippen molar-refractivity contribution in [2.45, 2.75) is 32.2 Å². The minimum Gasteiger partial charge on any atom is -0.478 e. The number of imide groups is 1. The molecule has 0 atom stereocenters. The van der Waals surface area contributed by atoms with Gasteiger partial charge in [-0.05, 0) is 30.9 Å². The second-order valence-corrected chi connectivity index (χ2v) is 7.67. The Hall–Kier alpha value is -2.68. The molecule has 0 saturated carbocycles. The largest absolute Gasteiger partial charge is 0.478 e. The topological polar surface area (TPSA) is 114 Å². The first-order chi connectivity index (χ1) is 13.3. The first-order valence-electron chi connectivity index (χ1n) is 9.49. The van der Waals surface area contributed by atoms with Crippen LogP contribution in [0, 0.1) is 5.92 Å². The average Bonchev–Trinajstić information content (AvgIpc) is 2.85. The van der Waals surface area contributed by atoms with Gasteiger partial charge in [-0.25, -0.2) is 14.6 Å². The number of rotatable bonds is 6. The highest BCUT2D eigenvalue weighted by molar-refractivity contribution is 6.07. The Morgan fingerprint density at radius 2 is 1.96 bits per heavy atom. The Labute approximate surface area is 163 Å². The van der Waals surface area contributed by atoms with E-state index in [4.69, 9.17) is 0 Å². The molecule has 3 amide bonds. The van der Waals surface area contributed by atoms with Crippen LogP contribution in [-0.4, -0.2) is 81.2 Å². The van der Waals surface area contributed by atoms with Crippen LogP contribution < -0.4 is 4.90 Å². The lowest BCUT2D eigenvalue weighted by Gasteiger charge is -2.43. The smallest absolute Gasteiger partial charge is 0.339 e. The maximum Gasteiger partial charge on any atom is 0.339 e. The van der Waals surface area contributed by atoms with E-state index in [2.05, 4.69) is 4.98 Å². The van der Waals surface area contributed by atoms with Gasteiger partial charge >= 0.3 is 12.0 Å². The molecule has 2 saturated heterocycles. The van der Waals surface area contributed by atoms with Crippen molar-refractivity contribution in [3.8, 4) is 0 Å². The number of carboxylic acid groups (broad SMARTS) is 1. The summed E-state index contributed by atoms with van der Waals surface area (Å²) in [6.45, 7) is 4.98. The molecule has 3 rings (SSSR count). The highest BCUT2D eigenvalue weighted by atomic mass is 16.4. The molecule has 0 aliphatic carbocycles. The average molecular weight is 390 g/mol. The first-order valence-corrected chi connectivity index (χ1v) is 9.49. The third-order valence-corrected chi connectivity index (χ3v) is 5.40. The van der Waals surface area contributed by atoms with Gasteiger partial charge in [0.1, 0.15) is 16.9 Å². The summed E-state index contributed by atoms with van der Waals surface area (Å²) in [5.74, 6) is -0.753. The summed E-state index contributed by atoms with van der Waals surface area (Å²) in [5.41, 5.74) is -0.821. The van der Waals surface area contributed by atoms with Gasteiger partial charge in [0.2, 0.25) is 0 Å². The molecule has 28 heavy (non-hydrogen) atoms. The highest BCUT2D eigenvalue weighted by Gasteiger charge is 2.57. The number of aliphatic hydroxyl groups is 1.